The van der Waals surface area contributed by atoms with Gasteiger partial charge in [-0.05, 0) is 55.0 Å². The number of rotatable bonds is 10. The molecule has 2 aromatic carbocycles. The highest BCUT2D eigenvalue weighted by molar-refractivity contribution is 5.93. The van der Waals surface area contributed by atoms with Crippen LogP contribution in [-0.2, 0) is 16.1 Å². The minimum absolute atomic E-state index is 0.146. The van der Waals surface area contributed by atoms with Crippen LogP contribution in [0.25, 0.3) is 0 Å². The second-order valence-corrected chi connectivity index (χ2v) is 7.17. The van der Waals surface area contributed by atoms with E-state index in [-0.39, 0.29) is 12.5 Å². The van der Waals surface area contributed by atoms with Gasteiger partial charge >= 0.3 is 0 Å². The Balaban J connectivity index is 1.56. The van der Waals surface area contributed by atoms with Crippen molar-refractivity contribution in [2.75, 3.05) is 31.6 Å². The monoisotopic (exact) mass is 459 g/mol. The number of hydrazone groups is 1. The first-order chi connectivity index (χ1) is 16.5. The van der Waals surface area contributed by atoms with Crippen LogP contribution in [0.1, 0.15) is 22.4 Å². The highest BCUT2D eigenvalue weighted by Gasteiger charge is 2.11. The van der Waals surface area contributed by atoms with Crippen LogP contribution in [0.3, 0.4) is 0 Å². The van der Waals surface area contributed by atoms with Crippen molar-refractivity contribution in [1.82, 2.24) is 4.98 Å². The van der Waals surface area contributed by atoms with Crippen LogP contribution in [-0.4, -0.2) is 37.9 Å². The first-order valence-corrected chi connectivity index (χ1v) is 10.4. The summed E-state index contributed by atoms with van der Waals surface area (Å²) >= 11 is 0. The molecule has 0 aliphatic rings. The van der Waals surface area contributed by atoms with Gasteiger partial charge in [0, 0.05) is 18.4 Å². The predicted molar refractivity (Wildman–Crippen MR) is 129 cm³/mol. The maximum absolute atomic E-state index is 12.2. The van der Waals surface area contributed by atoms with Crippen LogP contribution < -0.4 is 20.2 Å². The smallest absolute Gasteiger partial charge is 0.262 e. The van der Waals surface area contributed by atoms with Crippen molar-refractivity contribution in [1.29, 1.82) is 5.26 Å². The van der Waals surface area contributed by atoms with Gasteiger partial charge in [-0.3, -0.25) is 10.2 Å². The summed E-state index contributed by atoms with van der Waals surface area (Å²) in [6.07, 6.45) is 1.60. The van der Waals surface area contributed by atoms with Gasteiger partial charge in [-0.2, -0.15) is 10.4 Å². The van der Waals surface area contributed by atoms with Crippen molar-refractivity contribution in [3.05, 3.63) is 77.0 Å². The highest BCUT2D eigenvalue weighted by atomic mass is 16.5. The molecule has 0 saturated heterocycles. The number of carbonyl (C=O) groups excluding carboxylic acids is 1. The third-order valence-corrected chi connectivity index (χ3v) is 4.66. The lowest BCUT2D eigenvalue weighted by atomic mass is 10.1. The van der Waals surface area contributed by atoms with E-state index in [9.17, 15) is 10.1 Å². The van der Waals surface area contributed by atoms with Gasteiger partial charge in [0.1, 0.15) is 23.1 Å². The molecular formula is C25H25N5O4. The average molecular weight is 460 g/mol. The molecule has 1 aromatic heterocycles. The second kappa shape index (κ2) is 12.0. The number of amides is 1. The zero-order chi connectivity index (χ0) is 24.3. The Morgan fingerprint density at radius 1 is 1.18 bits per heavy atom. The summed E-state index contributed by atoms with van der Waals surface area (Å²) in [4.78, 5) is 16.5. The third-order valence-electron chi connectivity index (χ3n) is 4.66. The van der Waals surface area contributed by atoms with Gasteiger partial charge in [-0.1, -0.05) is 12.1 Å². The van der Waals surface area contributed by atoms with Crippen molar-refractivity contribution >= 4 is 23.6 Å². The number of nitriles is 1. The fourth-order valence-electron chi connectivity index (χ4n) is 3.12. The lowest BCUT2D eigenvalue weighted by Crippen LogP contribution is -2.20. The van der Waals surface area contributed by atoms with Crippen LogP contribution >= 0.6 is 0 Å². The molecule has 9 heteroatoms. The molecule has 9 nitrogen and oxygen atoms in total. The second-order valence-electron chi connectivity index (χ2n) is 7.17. The molecule has 3 rings (SSSR count). The minimum Gasteiger partial charge on any atom is -0.495 e. The van der Waals surface area contributed by atoms with Crippen molar-refractivity contribution in [2.45, 2.75) is 13.5 Å². The van der Waals surface area contributed by atoms with Crippen molar-refractivity contribution in [3.8, 4) is 17.6 Å². The number of pyridine rings is 1. The Morgan fingerprint density at radius 3 is 2.65 bits per heavy atom. The molecule has 0 aliphatic carbocycles. The van der Waals surface area contributed by atoms with E-state index >= 15 is 0 Å². The van der Waals surface area contributed by atoms with E-state index in [1.165, 1.54) is 0 Å². The number of anilines is 2. The molecule has 174 valence electrons. The summed E-state index contributed by atoms with van der Waals surface area (Å²) in [6, 6.07) is 18.2. The van der Waals surface area contributed by atoms with Crippen molar-refractivity contribution in [3.63, 3.8) is 0 Å². The number of aryl methyl sites for hydroxylation is 1. The molecule has 0 atom stereocenters. The molecule has 0 saturated carbocycles. The average Bonchev–Trinajstić information content (AvgIpc) is 2.84. The normalized spacial score (nSPS) is 10.5. The maximum Gasteiger partial charge on any atom is 0.262 e. The lowest BCUT2D eigenvalue weighted by Gasteiger charge is -2.10. The largest absolute Gasteiger partial charge is 0.495 e. The zero-order valence-electron chi connectivity index (χ0n) is 19.2. The minimum atomic E-state index is -0.300. The van der Waals surface area contributed by atoms with E-state index in [4.69, 9.17) is 14.2 Å². The van der Waals surface area contributed by atoms with Crippen LogP contribution in [0.5, 0.6) is 11.5 Å². The van der Waals surface area contributed by atoms with Gasteiger partial charge in [0.2, 0.25) is 0 Å². The summed E-state index contributed by atoms with van der Waals surface area (Å²) in [7, 11) is 3.11. The van der Waals surface area contributed by atoms with E-state index in [2.05, 4.69) is 26.9 Å². The first-order valence-electron chi connectivity index (χ1n) is 10.4. The predicted octanol–water partition coefficient (Wildman–Crippen LogP) is 3.88. The Morgan fingerprint density at radius 2 is 1.94 bits per heavy atom. The molecule has 1 amide bonds. The van der Waals surface area contributed by atoms with E-state index in [0.717, 1.165) is 16.8 Å². The Kier molecular flexibility index (Phi) is 8.54. The van der Waals surface area contributed by atoms with Gasteiger partial charge < -0.3 is 19.5 Å². The number of carbonyl (C=O) groups is 1. The molecule has 0 unspecified atom stereocenters. The molecule has 0 spiro atoms. The lowest BCUT2D eigenvalue weighted by molar-refractivity contribution is -0.118. The molecule has 0 fully saturated rings. The van der Waals surface area contributed by atoms with E-state index in [0.29, 0.717) is 35.2 Å². The van der Waals surface area contributed by atoms with E-state index < -0.39 is 0 Å². The number of benzene rings is 2. The summed E-state index contributed by atoms with van der Waals surface area (Å²) in [5.74, 6) is 1.18. The number of nitrogens with zero attached hydrogens (tertiary/aromatic N) is 3. The standard InChI is InChI=1S/C25H25N5O4/c1-17-12-19(15-32-2)21(13-26)25(28-17)30-27-14-18-8-10-20(11-9-18)34-16-24(31)29-22-6-4-5-7-23(22)33-3/h4-12,14H,15-16H2,1-3H3,(H,28,30)(H,29,31)/b27-14+. The number of para-hydroxylation sites is 2. The molecule has 1 heterocycles. The van der Waals surface area contributed by atoms with Crippen LogP contribution in [0.2, 0.25) is 0 Å². The number of methoxy groups -OCH3 is 2. The van der Waals surface area contributed by atoms with Gasteiger partial charge in [0.25, 0.3) is 5.91 Å². The van der Waals surface area contributed by atoms with Crippen molar-refractivity contribution in [2.24, 2.45) is 5.10 Å². The quantitative estimate of drug-likeness (QED) is 0.349. The van der Waals surface area contributed by atoms with Gasteiger partial charge in [-0.15, -0.1) is 0 Å². The Bertz CT molecular complexity index is 1200. The number of aromatic nitrogens is 1. The fraction of sp³-hybridized carbons (Fsp3) is 0.200. The summed E-state index contributed by atoms with van der Waals surface area (Å²) < 4.78 is 15.9. The zero-order valence-corrected chi connectivity index (χ0v) is 19.2. The molecule has 0 radical (unpaired) electrons. The number of hydrogen-bond acceptors (Lipinski definition) is 8. The fourth-order valence-corrected chi connectivity index (χ4v) is 3.12. The summed E-state index contributed by atoms with van der Waals surface area (Å²) in [5, 5.41) is 16.4. The summed E-state index contributed by atoms with van der Waals surface area (Å²) in [5.41, 5.74) is 6.08. The third kappa shape index (κ3) is 6.54. The molecule has 2 N–H and O–H groups in total. The maximum atomic E-state index is 12.2. The number of nitrogens with one attached hydrogen (secondary N) is 2. The SMILES string of the molecule is COCc1cc(C)nc(N/N=C/c2ccc(OCC(=O)Nc3ccccc3OC)cc2)c1C#N. The van der Waals surface area contributed by atoms with Gasteiger partial charge in [-0.25, -0.2) is 4.98 Å². The van der Waals surface area contributed by atoms with Gasteiger partial charge in [0.05, 0.1) is 25.6 Å². The molecule has 0 aliphatic heterocycles. The number of hydrogen-bond donors (Lipinski definition) is 2. The molecular weight excluding hydrogens is 434 g/mol. The highest BCUT2D eigenvalue weighted by Crippen LogP contribution is 2.23. The Hall–Kier alpha value is -4.42. The molecule has 3 aromatic rings. The summed E-state index contributed by atoms with van der Waals surface area (Å²) in [6.45, 7) is 2.00. The topological polar surface area (TPSA) is 118 Å². The molecule has 34 heavy (non-hydrogen) atoms. The first kappa shape index (κ1) is 24.2. The van der Waals surface area contributed by atoms with E-state index in [1.54, 1.807) is 56.8 Å². The van der Waals surface area contributed by atoms with Crippen LogP contribution in [0, 0.1) is 18.3 Å². The van der Waals surface area contributed by atoms with Crippen LogP contribution in [0.4, 0.5) is 11.5 Å². The Labute approximate surface area is 198 Å². The van der Waals surface area contributed by atoms with Crippen LogP contribution in [0.15, 0.2) is 59.7 Å². The number of ether oxygens (including phenoxy) is 3. The molecule has 0 bridgehead atoms. The van der Waals surface area contributed by atoms with Crippen molar-refractivity contribution < 1.29 is 19.0 Å². The van der Waals surface area contributed by atoms with E-state index in [1.807, 2.05) is 25.1 Å². The van der Waals surface area contributed by atoms with Gasteiger partial charge in [0.15, 0.2) is 12.4 Å².